The molecule has 2 atom stereocenters. The molecule has 0 saturated heterocycles. The van der Waals surface area contributed by atoms with Gasteiger partial charge in [-0.2, -0.15) is 4.37 Å². The van der Waals surface area contributed by atoms with Crippen LogP contribution in [0.15, 0.2) is 0 Å². The second-order valence-electron chi connectivity index (χ2n) is 5.68. The van der Waals surface area contributed by atoms with Crippen LogP contribution in [-0.4, -0.2) is 27.1 Å². The van der Waals surface area contributed by atoms with E-state index in [2.05, 4.69) is 28.5 Å². The maximum absolute atomic E-state index is 9.63. The van der Waals surface area contributed by atoms with Crippen LogP contribution >= 0.6 is 11.5 Å². The first-order chi connectivity index (χ1) is 8.63. The molecule has 2 N–H and O–H groups in total. The van der Waals surface area contributed by atoms with Crippen molar-refractivity contribution in [3.8, 4) is 0 Å². The van der Waals surface area contributed by atoms with Crippen LogP contribution in [-0.2, 0) is 6.42 Å². The van der Waals surface area contributed by atoms with Gasteiger partial charge < -0.3 is 10.4 Å². The third kappa shape index (κ3) is 4.21. The van der Waals surface area contributed by atoms with Crippen molar-refractivity contribution in [1.82, 2.24) is 9.36 Å². The zero-order valence-electron chi connectivity index (χ0n) is 11.2. The molecule has 1 heterocycles. The first kappa shape index (κ1) is 13.7. The van der Waals surface area contributed by atoms with Gasteiger partial charge in [0.05, 0.1) is 6.10 Å². The number of aromatic nitrogens is 2. The molecule has 18 heavy (non-hydrogen) atoms. The lowest BCUT2D eigenvalue weighted by atomic mass is 9.87. The summed E-state index contributed by atoms with van der Waals surface area (Å²) in [5, 5.41) is 13.9. The fourth-order valence-electron chi connectivity index (χ4n) is 2.45. The van der Waals surface area contributed by atoms with E-state index in [0.29, 0.717) is 11.8 Å². The average molecular weight is 269 g/mol. The van der Waals surface area contributed by atoms with Crippen LogP contribution in [0, 0.1) is 11.8 Å². The van der Waals surface area contributed by atoms with E-state index in [1.54, 1.807) is 0 Å². The van der Waals surface area contributed by atoms with Gasteiger partial charge in [0.2, 0.25) is 5.13 Å². The minimum absolute atomic E-state index is 0.100. The third-order valence-corrected chi connectivity index (χ3v) is 4.07. The van der Waals surface area contributed by atoms with E-state index in [1.165, 1.54) is 18.0 Å². The van der Waals surface area contributed by atoms with E-state index in [1.807, 2.05) is 0 Å². The van der Waals surface area contributed by atoms with Gasteiger partial charge >= 0.3 is 0 Å². The van der Waals surface area contributed by atoms with Crippen LogP contribution in [0.4, 0.5) is 5.13 Å². The number of nitrogens with one attached hydrogen (secondary N) is 1. The molecule has 0 radical (unpaired) electrons. The number of nitrogens with zero attached hydrogens (tertiary/aromatic N) is 2. The summed E-state index contributed by atoms with van der Waals surface area (Å²) >= 11 is 1.45. The molecule has 2 unspecified atom stereocenters. The van der Waals surface area contributed by atoms with Gasteiger partial charge in [-0.05, 0) is 31.1 Å². The molecule has 0 amide bonds. The normalized spacial score (nSPS) is 24.4. The summed E-state index contributed by atoms with van der Waals surface area (Å²) in [4.78, 5) is 4.49. The Bertz CT molecular complexity index is 367. The topological polar surface area (TPSA) is 58.0 Å². The summed E-state index contributed by atoms with van der Waals surface area (Å²) in [5.41, 5.74) is 0. The molecule has 5 heteroatoms. The molecular formula is C13H23N3OS. The predicted molar refractivity (Wildman–Crippen MR) is 74.9 cm³/mol. The van der Waals surface area contributed by atoms with Gasteiger partial charge in [-0.15, -0.1) is 0 Å². The Morgan fingerprint density at radius 1 is 1.44 bits per heavy atom. The van der Waals surface area contributed by atoms with Gasteiger partial charge in [0, 0.05) is 24.5 Å². The lowest BCUT2D eigenvalue weighted by Gasteiger charge is -2.25. The molecule has 0 aromatic carbocycles. The summed E-state index contributed by atoms with van der Waals surface area (Å²) in [6.45, 7) is 5.27. The van der Waals surface area contributed by atoms with Crippen molar-refractivity contribution in [3.05, 3.63) is 5.82 Å². The second-order valence-corrected chi connectivity index (χ2v) is 6.43. The van der Waals surface area contributed by atoms with Crippen molar-refractivity contribution < 1.29 is 5.11 Å². The number of rotatable bonds is 5. The molecule has 0 spiro atoms. The van der Waals surface area contributed by atoms with Crippen LogP contribution in [0.5, 0.6) is 0 Å². The number of anilines is 1. The van der Waals surface area contributed by atoms with Crippen molar-refractivity contribution >= 4 is 16.7 Å². The standard InChI is InChI=1S/C13H23N3OS/c1-9(2)6-12-15-13(18-16-12)14-8-10-4-3-5-11(17)7-10/h9-11,17H,3-8H2,1-2H3,(H,14,15,16). The Labute approximate surface area is 113 Å². The Balaban J connectivity index is 1.77. The van der Waals surface area contributed by atoms with E-state index >= 15 is 0 Å². The summed E-state index contributed by atoms with van der Waals surface area (Å²) in [7, 11) is 0. The van der Waals surface area contributed by atoms with E-state index in [9.17, 15) is 5.11 Å². The molecule has 1 aliphatic carbocycles. The lowest BCUT2D eigenvalue weighted by molar-refractivity contribution is 0.105. The van der Waals surface area contributed by atoms with Crippen LogP contribution in [0.3, 0.4) is 0 Å². The molecule has 102 valence electrons. The van der Waals surface area contributed by atoms with E-state index in [0.717, 1.165) is 43.2 Å². The smallest absolute Gasteiger partial charge is 0.202 e. The Hall–Kier alpha value is -0.680. The number of aliphatic hydroxyl groups excluding tert-OH is 1. The minimum atomic E-state index is -0.100. The fraction of sp³-hybridized carbons (Fsp3) is 0.846. The van der Waals surface area contributed by atoms with E-state index < -0.39 is 0 Å². The summed E-state index contributed by atoms with van der Waals surface area (Å²) in [6, 6.07) is 0. The molecule has 0 aliphatic heterocycles. The molecule has 1 aliphatic rings. The highest BCUT2D eigenvalue weighted by atomic mass is 32.1. The highest BCUT2D eigenvalue weighted by molar-refractivity contribution is 7.09. The molecule has 1 aromatic rings. The predicted octanol–water partition coefficient (Wildman–Crippen LogP) is 2.70. The number of aliphatic hydroxyl groups is 1. The van der Waals surface area contributed by atoms with Crippen molar-refractivity contribution in [2.24, 2.45) is 11.8 Å². The summed E-state index contributed by atoms with van der Waals surface area (Å²) < 4.78 is 4.35. The summed E-state index contributed by atoms with van der Waals surface area (Å²) in [5.74, 6) is 2.12. The molecular weight excluding hydrogens is 246 g/mol. The molecule has 1 aromatic heterocycles. The van der Waals surface area contributed by atoms with Gasteiger partial charge in [-0.3, -0.25) is 0 Å². The number of hydrogen-bond donors (Lipinski definition) is 2. The van der Waals surface area contributed by atoms with Crippen LogP contribution in [0.2, 0.25) is 0 Å². The van der Waals surface area contributed by atoms with Gasteiger partial charge in [-0.1, -0.05) is 20.3 Å². The SMILES string of the molecule is CC(C)Cc1nsc(NCC2CCCC(O)C2)n1. The highest BCUT2D eigenvalue weighted by Crippen LogP contribution is 2.25. The first-order valence-corrected chi connectivity index (χ1v) is 7.65. The fourth-order valence-corrected chi connectivity index (χ4v) is 3.05. The molecule has 4 nitrogen and oxygen atoms in total. The van der Waals surface area contributed by atoms with Crippen molar-refractivity contribution in [3.63, 3.8) is 0 Å². The zero-order chi connectivity index (χ0) is 13.0. The molecule has 0 bridgehead atoms. The van der Waals surface area contributed by atoms with Gasteiger partial charge in [0.1, 0.15) is 5.82 Å². The Morgan fingerprint density at radius 3 is 3.00 bits per heavy atom. The van der Waals surface area contributed by atoms with Crippen LogP contribution < -0.4 is 5.32 Å². The van der Waals surface area contributed by atoms with Crippen LogP contribution in [0.25, 0.3) is 0 Å². The van der Waals surface area contributed by atoms with E-state index in [4.69, 9.17) is 0 Å². The Morgan fingerprint density at radius 2 is 2.28 bits per heavy atom. The summed E-state index contributed by atoms with van der Waals surface area (Å²) in [6.07, 6.45) is 5.08. The monoisotopic (exact) mass is 269 g/mol. The quantitative estimate of drug-likeness (QED) is 0.863. The minimum Gasteiger partial charge on any atom is -0.393 e. The zero-order valence-corrected chi connectivity index (χ0v) is 12.0. The molecule has 2 rings (SSSR count). The Kier molecular flexibility index (Phi) is 4.95. The second kappa shape index (κ2) is 6.48. The van der Waals surface area contributed by atoms with Crippen molar-refractivity contribution in [2.45, 2.75) is 52.1 Å². The maximum Gasteiger partial charge on any atom is 0.202 e. The van der Waals surface area contributed by atoms with Gasteiger partial charge in [0.25, 0.3) is 0 Å². The third-order valence-electron chi connectivity index (χ3n) is 3.36. The highest BCUT2D eigenvalue weighted by Gasteiger charge is 2.20. The molecule has 1 saturated carbocycles. The molecule has 1 fully saturated rings. The average Bonchev–Trinajstić information content (AvgIpc) is 2.73. The van der Waals surface area contributed by atoms with Crippen molar-refractivity contribution in [2.75, 3.05) is 11.9 Å². The lowest BCUT2D eigenvalue weighted by Crippen LogP contribution is -2.24. The van der Waals surface area contributed by atoms with Crippen LogP contribution in [0.1, 0.15) is 45.4 Å². The number of hydrogen-bond acceptors (Lipinski definition) is 5. The van der Waals surface area contributed by atoms with Gasteiger partial charge in [0.15, 0.2) is 0 Å². The van der Waals surface area contributed by atoms with Gasteiger partial charge in [-0.25, -0.2) is 4.98 Å². The maximum atomic E-state index is 9.63. The largest absolute Gasteiger partial charge is 0.393 e. The van der Waals surface area contributed by atoms with Crippen molar-refractivity contribution in [1.29, 1.82) is 0 Å². The van der Waals surface area contributed by atoms with E-state index in [-0.39, 0.29) is 6.10 Å². The first-order valence-electron chi connectivity index (χ1n) is 6.88.